The van der Waals surface area contributed by atoms with E-state index < -0.39 is 0 Å². The smallest absolute Gasteiger partial charge is 0.0721 e. The van der Waals surface area contributed by atoms with E-state index in [1.54, 1.807) is 0 Å². The van der Waals surface area contributed by atoms with Gasteiger partial charge in [-0.3, -0.25) is 4.90 Å². The van der Waals surface area contributed by atoms with Crippen molar-refractivity contribution in [2.24, 2.45) is 0 Å². The Morgan fingerprint density at radius 3 is 3.00 bits per heavy atom. The van der Waals surface area contributed by atoms with Gasteiger partial charge in [0.25, 0.3) is 0 Å². The van der Waals surface area contributed by atoms with Gasteiger partial charge in [0, 0.05) is 12.6 Å². The molecule has 3 rings (SSSR count). The number of nitrogens with one attached hydrogen (secondary N) is 1. The third-order valence-electron chi connectivity index (χ3n) is 4.77. The number of hydrogen-bond donors (Lipinski definition) is 1. The lowest BCUT2D eigenvalue weighted by atomic mass is 9.96. The van der Waals surface area contributed by atoms with E-state index in [1.165, 1.54) is 43.4 Å². The van der Waals surface area contributed by atoms with Crippen LogP contribution in [0.3, 0.4) is 0 Å². The van der Waals surface area contributed by atoms with Crippen LogP contribution in [0.4, 0.5) is 0 Å². The molecule has 1 saturated heterocycles. The van der Waals surface area contributed by atoms with Crippen molar-refractivity contribution in [3.63, 3.8) is 0 Å². The Labute approximate surface area is 128 Å². The number of fused-ring (bicyclic) bond motifs is 1. The first-order valence-electron chi connectivity index (χ1n) is 8.51. The molecule has 0 saturated carbocycles. The fourth-order valence-electron chi connectivity index (χ4n) is 3.69. The van der Waals surface area contributed by atoms with Crippen molar-refractivity contribution in [3.8, 4) is 0 Å². The van der Waals surface area contributed by atoms with Crippen LogP contribution >= 0.6 is 0 Å². The predicted octanol–water partition coefficient (Wildman–Crippen LogP) is 3.11. The lowest BCUT2D eigenvalue weighted by Crippen LogP contribution is -2.46. The normalized spacial score (nSPS) is 25.8. The van der Waals surface area contributed by atoms with E-state index in [1.807, 2.05) is 0 Å². The molecule has 1 fully saturated rings. The van der Waals surface area contributed by atoms with E-state index in [2.05, 4.69) is 41.4 Å². The Kier molecular flexibility index (Phi) is 5.28. The van der Waals surface area contributed by atoms with Crippen LogP contribution in [-0.2, 0) is 11.3 Å². The highest BCUT2D eigenvalue weighted by molar-refractivity contribution is 5.31. The van der Waals surface area contributed by atoms with Crippen molar-refractivity contribution in [1.82, 2.24) is 10.2 Å². The molecule has 0 amide bonds. The highest BCUT2D eigenvalue weighted by atomic mass is 16.5. The summed E-state index contributed by atoms with van der Waals surface area (Å²) in [5, 5.41) is 3.69. The van der Waals surface area contributed by atoms with E-state index >= 15 is 0 Å². The van der Waals surface area contributed by atoms with Gasteiger partial charge in [-0.25, -0.2) is 0 Å². The van der Waals surface area contributed by atoms with Crippen LogP contribution in [0.5, 0.6) is 0 Å². The van der Waals surface area contributed by atoms with Gasteiger partial charge < -0.3 is 10.1 Å². The summed E-state index contributed by atoms with van der Waals surface area (Å²) in [6.45, 7) is 7.37. The van der Waals surface area contributed by atoms with E-state index in [-0.39, 0.29) is 0 Å². The Balaban J connectivity index is 1.74. The minimum Gasteiger partial charge on any atom is -0.375 e. The molecule has 1 N–H and O–H groups in total. The zero-order chi connectivity index (χ0) is 14.5. The quantitative estimate of drug-likeness (QED) is 0.901. The van der Waals surface area contributed by atoms with Crippen LogP contribution in [0.15, 0.2) is 24.3 Å². The molecule has 2 atom stereocenters. The largest absolute Gasteiger partial charge is 0.375 e. The lowest BCUT2D eigenvalue weighted by molar-refractivity contribution is 0.0271. The summed E-state index contributed by atoms with van der Waals surface area (Å²) in [6.07, 6.45) is 5.22. The van der Waals surface area contributed by atoms with Gasteiger partial charge in [-0.2, -0.15) is 0 Å². The van der Waals surface area contributed by atoms with Gasteiger partial charge >= 0.3 is 0 Å². The summed E-state index contributed by atoms with van der Waals surface area (Å²) >= 11 is 0. The maximum Gasteiger partial charge on any atom is 0.0721 e. The van der Waals surface area contributed by atoms with Crippen molar-refractivity contribution >= 4 is 0 Å². The summed E-state index contributed by atoms with van der Waals surface area (Å²) in [5.74, 6) is 0. The van der Waals surface area contributed by atoms with E-state index in [0.29, 0.717) is 12.1 Å². The Hall–Kier alpha value is -0.900. The molecule has 1 aromatic rings. The molecule has 2 unspecified atom stereocenters. The molecule has 3 nitrogen and oxygen atoms in total. The molecule has 0 radical (unpaired) electrons. The third kappa shape index (κ3) is 3.65. The zero-order valence-corrected chi connectivity index (χ0v) is 13.2. The molecule has 0 spiro atoms. The van der Waals surface area contributed by atoms with E-state index in [4.69, 9.17) is 4.74 Å². The standard InChI is InChI=1S/C18H28N2O/c1-2-11-20(12-16-8-5-6-10-19-16)18-14-21-13-15-7-3-4-9-17(15)18/h3-4,7,9,16,18-19H,2,5-6,8,10-14H2,1H3. The number of rotatable bonds is 5. The molecule has 2 aliphatic heterocycles. The molecular weight excluding hydrogens is 260 g/mol. The van der Waals surface area contributed by atoms with Gasteiger partial charge in [-0.15, -0.1) is 0 Å². The minimum atomic E-state index is 0.429. The Morgan fingerprint density at radius 1 is 1.29 bits per heavy atom. The Morgan fingerprint density at radius 2 is 2.19 bits per heavy atom. The highest BCUT2D eigenvalue weighted by Gasteiger charge is 2.28. The van der Waals surface area contributed by atoms with Gasteiger partial charge in [0.2, 0.25) is 0 Å². The molecule has 116 valence electrons. The van der Waals surface area contributed by atoms with Gasteiger partial charge in [0.15, 0.2) is 0 Å². The topological polar surface area (TPSA) is 24.5 Å². The number of hydrogen-bond acceptors (Lipinski definition) is 3. The fraction of sp³-hybridized carbons (Fsp3) is 0.667. The van der Waals surface area contributed by atoms with Crippen LogP contribution in [0.1, 0.15) is 49.8 Å². The zero-order valence-electron chi connectivity index (χ0n) is 13.2. The van der Waals surface area contributed by atoms with Crippen LogP contribution in [-0.4, -0.2) is 37.2 Å². The van der Waals surface area contributed by atoms with Gasteiger partial charge in [-0.1, -0.05) is 37.6 Å². The van der Waals surface area contributed by atoms with Crippen LogP contribution in [0.25, 0.3) is 0 Å². The van der Waals surface area contributed by atoms with Crippen LogP contribution in [0.2, 0.25) is 0 Å². The van der Waals surface area contributed by atoms with E-state index in [0.717, 1.165) is 26.3 Å². The number of piperidine rings is 1. The average molecular weight is 288 g/mol. The van der Waals surface area contributed by atoms with Crippen molar-refractivity contribution in [2.75, 3.05) is 26.2 Å². The van der Waals surface area contributed by atoms with Gasteiger partial charge in [-0.05, 0) is 43.5 Å². The molecule has 2 heterocycles. The molecule has 2 aliphatic rings. The summed E-state index contributed by atoms with van der Waals surface area (Å²) in [6, 6.07) is 9.87. The minimum absolute atomic E-state index is 0.429. The molecule has 0 aromatic heterocycles. The van der Waals surface area contributed by atoms with Crippen LogP contribution in [0, 0.1) is 0 Å². The maximum absolute atomic E-state index is 5.86. The number of ether oxygens (including phenoxy) is 1. The second kappa shape index (κ2) is 7.39. The fourth-order valence-corrected chi connectivity index (χ4v) is 3.69. The third-order valence-corrected chi connectivity index (χ3v) is 4.77. The maximum atomic E-state index is 5.86. The molecular formula is C18H28N2O. The van der Waals surface area contributed by atoms with Crippen molar-refractivity contribution in [1.29, 1.82) is 0 Å². The SMILES string of the molecule is CCCN(CC1CCCCN1)C1COCc2ccccc21. The molecule has 3 heteroatoms. The van der Waals surface area contributed by atoms with Crippen molar-refractivity contribution in [2.45, 2.75) is 51.3 Å². The molecule has 0 aliphatic carbocycles. The summed E-state index contributed by atoms with van der Waals surface area (Å²) in [7, 11) is 0. The average Bonchev–Trinajstić information content (AvgIpc) is 2.55. The number of nitrogens with zero attached hydrogens (tertiary/aromatic N) is 1. The molecule has 21 heavy (non-hydrogen) atoms. The van der Waals surface area contributed by atoms with Crippen molar-refractivity contribution < 1.29 is 4.74 Å². The predicted molar refractivity (Wildman–Crippen MR) is 86.3 cm³/mol. The summed E-state index contributed by atoms with van der Waals surface area (Å²) < 4.78 is 5.86. The lowest BCUT2D eigenvalue weighted by Gasteiger charge is -2.38. The monoisotopic (exact) mass is 288 g/mol. The summed E-state index contributed by atoms with van der Waals surface area (Å²) in [5.41, 5.74) is 2.85. The van der Waals surface area contributed by atoms with Gasteiger partial charge in [0.1, 0.15) is 0 Å². The summed E-state index contributed by atoms with van der Waals surface area (Å²) in [4.78, 5) is 2.64. The van der Waals surface area contributed by atoms with Crippen LogP contribution < -0.4 is 5.32 Å². The molecule has 1 aromatic carbocycles. The second-order valence-electron chi connectivity index (χ2n) is 6.37. The molecule has 0 bridgehead atoms. The van der Waals surface area contributed by atoms with E-state index in [9.17, 15) is 0 Å². The Bertz CT molecular complexity index is 443. The first kappa shape index (κ1) is 15.0. The van der Waals surface area contributed by atoms with Crippen molar-refractivity contribution in [3.05, 3.63) is 35.4 Å². The second-order valence-corrected chi connectivity index (χ2v) is 6.37. The first-order chi connectivity index (χ1) is 10.4. The number of benzene rings is 1. The highest BCUT2D eigenvalue weighted by Crippen LogP contribution is 2.30. The van der Waals surface area contributed by atoms with Gasteiger partial charge in [0.05, 0.1) is 19.3 Å². The first-order valence-corrected chi connectivity index (χ1v) is 8.51.